The van der Waals surface area contributed by atoms with Crippen molar-refractivity contribution in [2.45, 2.75) is 38.0 Å². The van der Waals surface area contributed by atoms with Crippen molar-refractivity contribution in [3.05, 3.63) is 28.0 Å². The summed E-state index contributed by atoms with van der Waals surface area (Å²) in [6.07, 6.45) is 2.27. The Kier molecular flexibility index (Phi) is 7.20. The van der Waals surface area contributed by atoms with Crippen LogP contribution in [0.1, 0.15) is 43.5 Å². The minimum absolute atomic E-state index is 0.00840. The summed E-state index contributed by atoms with van der Waals surface area (Å²) in [6, 6.07) is 2.46. The van der Waals surface area contributed by atoms with E-state index in [2.05, 4.69) is 29.8 Å². The van der Waals surface area contributed by atoms with Crippen LogP contribution >= 0.6 is 39.3 Å². The molecule has 20 heavy (non-hydrogen) atoms. The molecule has 0 atom stereocenters. The van der Waals surface area contributed by atoms with Crippen molar-refractivity contribution in [3.63, 3.8) is 0 Å². The van der Waals surface area contributed by atoms with Crippen molar-refractivity contribution in [1.29, 1.82) is 0 Å². The Morgan fingerprint density at radius 2 is 2.05 bits per heavy atom. The van der Waals surface area contributed by atoms with Gasteiger partial charge in [0.05, 0.1) is 5.56 Å². The van der Waals surface area contributed by atoms with Crippen molar-refractivity contribution in [2.24, 2.45) is 5.92 Å². The lowest BCUT2D eigenvalue weighted by Gasteiger charge is -2.07. The van der Waals surface area contributed by atoms with E-state index in [-0.39, 0.29) is 10.7 Å². The number of hydrogen-bond donors (Lipinski definition) is 0. The molecule has 0 fully saturated rings. The summed E-state index contributed by atoms with van der Waals surface area (Å²) in [4.78, 5) is 23.4. The predicted octanol–water partition coefficient (Wildman–Crippen LogP) is 5.41. The van der Waals surface area contributed by atoms with E-state index in [1.807, 2.05) is 0 Å². The molecule has 0 heterocycles. The van der Waals surface area contributed by atoms with Gasteiger partial charge in [-0.3, -0.25) is 9.59 Å². The second-order valence-corrected chi connectivity index (χ2v) is 7.09. The molecule has 2 nitrogen and oxygen atoms in total. The summed E-state index contributed by atoms with van der Waals surface area (Å²) >= 11 is 9.48. The Bertz CT molecular complexity index is 520. The molecular formula is C14H15BrClFO2S. The lowest BCUT2D eigenvalue weighted by molar-refractivity contribution is -0.111. The van der Waals surface area contributed by atoms with Gasteiger partial charge in [-0.25, -0.2) is 4.39 Å². The lowest BCUT2D eigenvalue weighted by Crippen LogP contribution is -1.98. The first kappa shape index (κ1) is 17.7. The maximum absolute atomic E-state index is 13.5. The maximum Gasteiger partial charge on any atom is 0.255 e. The summed E-state index contributed by atoms with van der Waals surface area (Å²) in [5.41, 5.74) is -0.215. The Balaban J connectivity index is 2.74. The fourth-order valence-electron chi connectivity index (χ4n) is 1.59. The third-order valence-corrected chi connectivity index (χ3v) is 4.73. The van der Waals surface area contributed by atoms with Crippen molar-refractivity contribution < 1.29 is 14.0 Å². The van der Waals surface area contributed by atoms with Crippen LogP contribution in [0.5, 0.6) is 0 Å². The highest BCUT2D eigenvalue weighted by molar-refractivity contribution is 9.10. The van der Waals surface area contributed by atoms with Gasteiger partial charge in [0.25, 0.3) is 5.24 Å². The number of hydrogen-bond acceptors (Lipinski definition) is 3. The molecule has 0 amide bonds. The van der Waals surface area contributed by atoms with Gasteiger partial charge in [0, 0.05) is 15.8 Å². The van der Waals surface area contributed by atoms with Crippen molar-refractivity contribution >= 4 is 49.7 Å². The molecule has 1 aromatic carbocycles. The smallest absolute Gasteiger partial charge is 0.255 e. The van der Waals surface area contributed by atoms with Gasteiger partial charge in [0.2, 0.25) is 0 Å². The molecule has 0 aliphatic rings. The zero-order valence-corrected chi connectivity index (χ0v) is 14.4. The molecule has 0 radical (unpaired) electrons. The first-order chi connectivity index (χ1) is 9.31. The molecule has 0 unspecified atom stereocenters. The third kappa shape index (κ3) is 5.54. The van der Waals surface area contributed by atoms with Crippen LogP contribution < -0.4 is 0 Å². The Hall–Kier alpha value is -0.390. The first-order valence-electron chi connectivity index (χ1n) is 6.20. The van der Waals surface area contributed by atoms with Crippen molar-refractivity contribution in [2.75, 3.05) is 0 Å². The molecule has 6 heteroatoms. The third-order valence-electron chi connectivity index (χ3n) is 2.62. The fourth-order valence-corrected chi connectivity index (χ4v) is 3.11. The summed E-state index contributed by atoms with van der Waals surface area (Å²) in [5.74, 6) is -0.140. The van der Waals surface area contributed by atoms with E-state index >= 15 is 0 Å². The van der Waals surface area contributed by atoms with Gasteiger partial charge in [-0.2, -0.15) is 0 Å². The van der Waals surface area contributed by atoms with E-state index in [0.717, 1.165) is 30.7 Å². The topological polar surface area (TPSA) is 34.1 Å². The average Bonchev–Trinajstić information content (AvgIpc) is 2.31. The summed E-state index contributed by atoms with van der Waals surface area (Å²) in [7, 11) is 0. The number of benzene rings is 1. The largest absolute Gasteiger partial charge is 0.287 e. The molecule has 110 valence electrons. The van der Waals surface area contributed by atoms with Crippen LogP contribution in [-0.2, 0) is 4.79 Å². The van der Waals surface area contributed by atoms with Crippen LogP contribution in [0, 0.1) is 11.7 Å². The average molecular weight is 382 g/mol. The summed E-state index contributed by atoms with van der Waals surface area (Å²) < 4.78 is 13.9. The second kappa shape index (κ2) is 8.15. The van der Waals surface area contributed by atoms with Gasteiger partial charge in [0.15, 0.2) is 5.12 Å². The summed E-state index contributed by atoms with van der Waals surface area (Å²) in [5, 5.41) is -0.880. The van der Waals surface area contributed by atoms with Crippen LogP contribution in [0.4, 0.5) is 4.39 Å². The van der Waals surface area contributed by atoms with Crippen LogP contribution in [0.15, 0.2) is 21.5 Å². The first-order valence-corrected chi connectivity index (χ1v) is 8.19. The van der Waals surface area contributed by atoms with E-state index in [1.165, 1.54) is 6.07 Å². The number of carbonyl (C=O) groups is 2. The van der Waals surface area contributed by atoms with Crippen LogP contribution in [-0.4, -0.2) is 10.4 Å². The quantitative estimate of drug-likeness (QED) is 0.488. The minimum Gasteiger partial charge on any atom is -0.287 e. The monoisotopic (exact) mass is 380 g/mol. The van der Waals surface area contributed by atoms with Gasteiger partial charge in [-0.05, 0) is 52.0 Å². The number of halogens is 3. The van der Waals surface area contributed by atoms with Gasteiger partial charge >= 0.3 is 0 Å². The van der Waals surface area contributed by atoms with Crippen LogP contribution in [0.2, 0.25) is 0 Å². The Labute approximate surface area is 135 Å². The molecular weight excluding hydrogens is 367 g/mol. The molecule has 0 N–H and O–H groups in total. The molecule has 0 saturated heterocycles. The molecule has 0 aliphatic carbocycles. The van der Waals surface area contributed by atoms with E-state index < -0.39 is 11.1 Å². The molecule has 0 bridgehead atoms. The molecule has 1 rings (SSSR count). The van der Waals surface area contributed by atoms with Crippen molar-refractivity contribution in [3.8, 4) is 0 Å². The SMILES string of the molecule is CC(C)CCCC(=O)Sc1cc(C(=O)Cl)c(F)cc1Br. The van der Waals surface area contributed by atoms with Crippen LogP contribution in [0.25, 0.3) is 0 Å². The Morgan fingerprint density at radius 1 is 1.40 bits per heavy atom. The highest BCUT2D eigenvalue weighted by Crippen LogP contribution is 2.32. The fraction of sp³-hybridized carbons (Fsp3) is 0.429. The molecule has 0 aromatic heterocycles. The van der Waals surface area contributed by atoms with Gasteiger partial charge in [0.1, 0.15) is 5.82 Å². The maximum atomic E-state index is 13.5. The Morgan fingerprint density at radius 3 is 2.60 bits per heavy atom. The van der Waals surface area contributed by atoms with E-state index in [1.54, 1.807) is 0 Å². The molecule has 0 aliphatic heterocycles. The van der Waals surface area contributed by atoms with E-state index in [9.17, 15) is 14.0 Å². The minimum atomic E-state index is -0.871. The number of carbonyl (C=O) groups excluding carboxylic acids is 2. The number of rotatable bonds is 6. The molecule has 1 aromatic rings. The molecule has 0 spiro atoms. The normalized spacial score (nSPS) is 10.9. The standard InChI is InChI=1S/C14H15BrClFO2S/c1-8(2)4-3-5-13(18)20-12-6-9(14(16)19)11(17)7-10(12)15/h6-8H,3-5H2,1-2H3. The highest BCUT2D eigenvalue weighted by atomic mass is 79.9. The molecule has 0 saturated carbocycles. The van der Waals surface area contributed by atoms with E-state index in [0.29, 0.717) is 21.7 Å². The lowest BCUT2D eigenvalue weighted by atomic mass is 10.1. The van der Waals surface area contributed by atoms with Gasteiger partial charge in [-0.15, -0.1) is 0 Å². The predicted molar refractivity (Wildman–Crippen MR) is 83.8 cm³/mol. The van der Waals surface area contributed by atoms with Crippen molar-refractivity contribution in [1.82, 2.24) is 0 Å². The zero-order chi connectivity index (χ0) is 15.3. The number of thioether (sulfide) groups is 1. The van der Waals surface area contributed by atoms with Gasteiger partial charge < -0.3 is 0 Å². The van der Waals surface area contributed by atoms with Gasteiger partial charge in [-0.1, -0.05) is 32.0 Å². The van der Waals surface area contributed by atoms with Crippen LogP contribution in [0.3, 0.4) is 0 Å². The highest BCUT2D eigenvalue weighted by Gasteiger charge is 2.16. The second-order valence-electron chi connectivity index (χ2n) is 4.80. The summed E-state index contributed by atoms with van der Waals surface area (Å²) in [6.45, 7) is 4.21. The van der Waals surface area contributed by atoms with E-state index in [4.69, 9.17) is 11.6 Å². The zero-order valence-electron chi connectivity index (χ0n) is 11.2.